The van der Waals surface area contributed by atoms with E-state index in [2.05, 4.69) is 5.32 Å². The summed E-state index contributed by atoms with van der Waals surface area (Å²) in [6.45, 7) is 0.989. The van der Waals surface area contributed by atoms with E-state index < -0.39 is 6.10 Å². The van der Waals surface area contributed by atoms with Crippen molar-refractivity contribution < 1.29 is 10.2 Å². The number of hydrogen-bond donors (Lipinski definition) is 3. The molecule has 0 spiro atoms. The number of para-hydroxylation sites is 1. The van der Waals surface area contributed by atoms with Crippen LogP contribution in [-0.2, 0) is 6.42 Å². The van der Waals surface area contributed by atoms with E-state index >= 15 is 0 Å². The van der Waals surface area contributed by atoms with E-state index in [0.29, 0.717) is 6.42 Å². The molecule has 0 amide bonds. The van der Waals surface area contributed by atoms with E-state index in [1.165, 1.54) is 0 Å². The van der Waals surface area contributed by atoms with Gasteiger partial charge >= 0.3 is 0 Å². The molecule has 0 aromatic heterocycles. The van der Waals surface area contributed by atoms with Gasteiger partial charge in [0.25, 0.3) is 0 Å². The van der Waals surface area contributed by atoms with Crippen LogP contribution in [0.25, 0.3) is 0 Å². The summed E-state index contributed by atoms with van der Waals surface area (Å²) in [6, 6.07) is 7.35. The summed E-state index contributed by atoms with van der Waals surface area (Å²) < 4.78 is 0. The van der Waals surface area contributed by atoms with Crippen molar-refractivity contribution in [2.24, 2.45) is 0 Å². The molecule has 1 aliphatic rings. The normalized spacial score (nSPS) is 22.8. The Hall–Kier alpha value is -1.06. The van der Waals surface area contributed by atoms with Crippen LogP contribution in [0.4, 0.5) is 0 Å². The summed E-state index contributed by atoms with van der Waals surface area (Å²) in [7, 11) is 0. The fourth-order valence-corrected chi connectivity index (χ4v) is 1.69. The largest absolute Gasteiger partial charge is 0.508 e. The van der Waals surface area contributed by atoms with Crippen LogP contribution in [0.2, 0.25) is 0 Å². The zero-order valence-electron chi connectivity index (χ0n) is 7.98. The summed E-state index contributed by atoms with van der Waals surface area (Å²) in [5.74, 6) is 0.269. The Morgan fingerprint density at radius 2 is 2.14 bits per heavy atom. The van der Waals surface area contributed by atoms with Crippen LogP contribution < -0.4 is 5.32 Å². The zero-order valence-corrected chi connectivity index (χ0v) is 7.98. The lowest BCUT2D eigenvalue weighted by molar-refractivity contribution is 0.0950. The Kier molecular flexibility index (Phi) is 2.70. The number of hydrogen-bond acceptors (Lipinski definition) is 3. The van der Waals surface area contributed by atoms with Crippen molar-refractivity contribution in [1.82, 2.24) is 5.32 Å². The molecular formula is C11H15NO2. The van der Waals surface area contributed by atoms with Crippen molar-refractivity contribution in [1.29, 1.82) is 0 Å². The van der Waals surface area contributed by atoms with Crippen molar-refractivity contribution >= 4 is 0 Å². The monoisotopic (exact) mass is 193 g/mol. The first kappa shape index (κ1) is 9.49. The molecule has 0 aliphatic carbocycles. The predicted octanol–water partition coefficient (Wildman–Crippen LogP) is 0.658. The molecule has 1 aromatic rings. The van der Waals surface area contributed by atoms with Gasteiger partial charge in [0.05, 0.1) is 6.10 Å². The van der Waals surface area contributed by atoms with Crippen LogP contribution in [0, 0.1) is 0 Å². The summed E-state index contributed by atoms with van der Waals surface area (Å²) in [6.07, 6.45) is 1.15. The molecule has 1 aliphatic heterocycles. The second-order valence-electron chi connectivity index (χ2n) is 3.75. The smallest absolute Gasteiger partial charge is 0.118 e. The fraction of sp³-hybridized carbons (Fsp3) is 0.455. The van der Waals surface area contributed by atoms with Gasteiger partial charge < -0.3 is 15.5 Å². The van der Waals surface area contributed by atoms with Crippen molar-refractivity contribution in [2.75, 3.05) is 6.54 Å². The van der Waals surface area contributed by atoms with E-state index in [9.17, 15) is 10.2 Å². The first-order valence-corrected chi connectivity index (χ1v) is 4.95. The SMILES string of the molecule is Oc1ccccc1CC(O)C1CCN1. The first-order valence-electron chi connectivity index (χ1n) is 4.95. The molecule has 14 heavy (non-hydrogen) atoms. The second-order valence-corrected chi connectivity index (χ2v) is 3.75. The van der Waals surface area contributed by atoms with Crippen LogP contribution >= 0.6 is 0 Å². The van der Waals surface area contributed by atoms with Gasteiger partial charge in [0.2, 0.25) is 0 Å². The van der Waals surface area contributed by atoms with Gasteiger partial charge in [-0.25, -0.2) is 0 Å². The van der Waals surface area contributed by atoms with Crippen molar-refractivity contribution in [3.05, 3.63) is 29.8 Å². The molecule has 2 unspecified atom stereocenters. The molecular weight excluding hydrogens is 178 g/mol. The number of aliphatic hydroxyl groups excluding tert-OH is 1. The third-order valence-electron chi connectivity index (χ3n) is 2.75. The maximum atomic E-state index is 9.77. The average Bonchev–Trinajstić information content (AvgIpc) is 2.05. The molecule has 2 rings (SSSR count). The van der Waals surface area contributed by atoms with Crippen LogP contribution in [0.1, 0.15) is 12.0 Å². The minimum absolute atomic E-state index is 0.203. The molecule has 1 aromatic carbocycles. The molecule has 2 atom stereocenters. The zero-order chi connectivity index (χ0) is 9.97. The van der Waals surface area contributed by atoms with Gasteiger partial charge in [-0.3, -0.25) is 0 Å². The van der Waals surface area contributed by atoms with E-state index in [-0.39, 0.29) is 11.8 Å². The Bertz CT molecular complexity index is 310. The summed E-state index contributed by atoms with van der Waals surface area (Å²) in [5.41, 5.74) is 0.814. The van der Waals surface area contributed by atoms with Gasteiger partial charge in [0, 0.05) is 12.5 Å². The Morgan fingerprint density at radius 3 is 2.71 bits per heavy atom. The predicted molar refractivity (Wildman–Crippen MR) is 54.2 cm³/mol. The molecule has 3 N–H and O–H groups in total. The highest BCUT2D eigenvalue weighted by atomic mass is 16.3. The maximum absolute atomic E-state index is 9.77. The Balaban J connectivity index is 1.99. The molecule has 0 radical (unpaired) electrons. The fourth-order valence-electron chi connectivity index (χ4n) is 1.69. The topological polar surface area (TPSA) is 52.5 Å². The van der Waals surface area contributed by atoms with Gasteiger partial charge in [0.15, 0.2) is 0 Å². The Morgan fingerprint density at radius 1 is 1.43 bits per heavy atom. The molecule has 1 heterocycles. The minimum atomic E-state index is -0.392. The van der Waals surface area contributed by atoms with Gasteiger partial charge in [-0.1, -0.05) is 18.2 Å². The van der Waals surface area contributed by atoms with Gasteiger partial charge in [-0.15, -0.1) is 0 Å². The second kappa shape index (κ2) is 3.98. The highest BCUT2D eigenvalue weighted by molar-refractivity contribution is 5.32. The van der Waals surface area contributed by atoms with E-state index in [4.69, 9.17) is 0 Å². The summed E-state index contributed by atoms with van der Waals surface area (Å²) in [4.78, 5) is 0. The van der Waals surface area contributed by atoms with Crippen molar-refractivity contribution in [3.8, 4) is 5.75 Å². The van der Waals surface area contributed by atoms with E-state index in [1.54, 1.807) is 12.1 Å². The molecule has 1 fully saturated rings. The molecule has 0 bridgehead atoms. The molecule has 0 saturated carbocycles. The van der Waals surface area contributed by atoms with Crippen LogP contribution in [0.5, 0.6) is 5.75 Å². The lowest BCUT2D eigenvalue weighted by Crippen LogP contribution is -2.51. The van der Waals surface area contributed by atoms with E-state index in [0.717, 1.165) is 18.5 Å². The summed E-state index contributed by atoms with van der Waals surface area (Å²) in [5, 5.41) is 22.4. The van der Waals surface area contributed by atoms with Gasteiger partial charge in [-0.2, -0.15) is 0 Å². The molecule has 3 heteroatoms. The number of phenols is 1. The number of phenolic OH excluding ortho intramolecular Hbond substituents is 1. The minimum Gasteiger partial charge on any atom is -0.508 e. The molecule has 1 saturated heterocycles. The number of rotatable bonds is 3. The third-order valence-corrected chi connectivity index (χ3v) is 2.75. The van der Waals surface area contributed by atoms with Gasteiger partial charge in [0.1, 0.15) is 5.75 Å². The standard InChI is InChI=1S/C11H15NO2/c13-10-4-2-1-3-8(10)7-11(14)9-5-6-12-9/h1-4,9,11-14H,5-7H2. The first-order chi connectivity index (χ1) is 6.77. The van der Waals surface area contributed by atoms with Crippen LogP contribution in [-0.4, -0.2) is 28.9 Å². The lowest BCUT2D eigenvalue weighted by Gasteiger charge is -2.32. The van der Waals surface area contributed by atoms with Crippen molar-refractivity contribution in [3.63, 3.8) is 0 Å². The quantitative estimate of drug-likeness (QED) is 0.661. The number of aromatic hydroxyl groups is 1. The van der Waals surface area contributed by atoms with Gasteiger partial charge in [-0.05, 0) is 24.6 Å². The average molecular weight is 193 g/mol. The maximum Gasteiger partial charge on any atom is 0.118 e. The number of aliphatic hydroxyl groups is 1. The Labute approximate surface area is 83.4 Å². The number of nitrogens with one attached hydrogen (secondary N) is 1. The third kappa shape index (κ3) is 1.89. The lowest BCUT2D eigenvalue weighted by atomic mass is 9.95. The highest BCUT2D eigenvalue weighted by Crippen LogP contribution is 2.20. The van der Waals surface area contributed by atoms with Crippen molar-refractivity contribution in [2.45, 2.75) is 25.0 Å². The molecule has 3 nitrogen and oxygen atoms in total. The number of benzene rings is 1. The summed E-state index contributed by atoms with van der Waals surface area (Å²) >= 11 is 0. The molecule has 76 valence electrons. The van der Waals surface area contributed by atoms with Crippen LogP contribution in [0.15, 0.2) is 24.3 Å². The van der Waals surface area contributed by atoms with Crippen LogP contribution in [0.3, 0.4) is 0 Å². The highest BCUT2D eigenvalue weighted by Gasteiger charge is 2.25. The van der Waals surface area contributed by atoms with E-state index in [1.807, 2.05) is 12.1 Å².